The van der Waals surface area contributed by atoms with Crippen molar-refractivity contribution in [1.29, 1.82) is 0 Å². The van der Waals surface area contributed by atoms with Gasteiger partial charge in [-0.25, -0.2) is 4.99 Å². The quantitative estimate of drug-likeness (QED) is 0.430. The summed E-state index contributed by atoms with van der Waals surface area (Å²) in [4.78, 5) is 32.9. The molecule has 2 unspecified atom stereocenters. The molecule has 25 heavy (non-hydrogen) atoms. The van der Waals surface area contributed by atoms with E-state index in [2.05, 4.69) is 31.2 Å². The lowest BCUT2D eigenvalue weighted by atomic mass is 9.89. The largest absolute Gasteiger partial charge is 0.353 e. The third-order valence-corrected chi connectivity index (χ3v) is 5.55. The first-order valence-electron chi connectivity index (χ1n) is 7.04. The highest BCUT2D eigenvalue weighted by atomic mass is 79.9. The van der Waals surface area contributed by atoms with Crippen LogP contribution in [0.5, 0.6) is 0 Å². The van der Waals surface area contributed by atoms with Gasteiger partial charge in [-0.05, 0) is 29.9 Å². The van der Waals surface area contributed by atoms with Crippen molar-refractivity contribution in [2.24, 2.45) is 15.9 Å². The van der Waals surface area contributed by atoms with E-state index >= 15 is 0 Å². The molecule has 0 saturated heterocycles. The number of carbonyl (C=O) groups is 1. The van der Waals surface area contributed by atoms with Gasteiger partial charge >= 0.3 is 5.03 Å². The van der Waals surface area contributed by atoms with Gasteiger partial charge in [0.1, 0.15) is 11.8 Å². The van der Waals surface area contributed by atoms with E-state index in [1.54, 1.807) is 0 Å². The number of halogens is 1. The van der Waals surface area contributed by atoms with Crippen LogP contribution >= 0.6 is 39.9 Å². The van der Waals surface area contributed by atoms with Gasteiger partial charge in [-0.1, -0.05) is 28.1 Å². The van der Waals surface area contributed by atoms with Crippen molar-refractivity contribution >= 4 is 61.9 Å². The minimum absolute atomic E-state index is 0.112. The molecule has 0 aliphatic carbocycles. The summed E-state index contributed by atoms with van der Waals surface area (Å²) in [7, 11) is 0. The van der Waals surface area contributed by atoms with Crippen LogP contribution in [0.1, 0.15) is 11.6 Å². The summed E-state index contributed by atoms with van der Waals surface area (Å²) in [5.41, 5.74) is 0.847. The molecule has 4 rings (SSSR count). The van der Waals surface area contributed by atoms with Gasteiger partial charge in [-0.2, -0.15) is 4.99 Å². The van der Waals surface area contributed by atoms with Crippen LogP contribution < -0.4 is 5.32 Å². The molecule has 11 heteroatoms. The van der Waals surface area contributed by atoms with Crippen LogP contribution in [0.15, 0.2) is 50.0 Å². The number of carbonyl (C=O) groups excluding carboxylic acids is 1. The van der Waals surface area contributed by atoms with Gasteiger partial charge in [0.25, 0.3) is 5.91 Å². The van der Waals surface area contributed by atoms with Crippen molar-refractivity contribution in [3.63, 3.8) is 0 Å². The molecule has 126 valence electrons. The van der Waals surface area contributed by atoms with E-state index in [9.17, 15) is 14.9 Å². The van der Waals surface area contributed by atoms with Crippen LogP contribution in [-0.4, -0.2) is 31.8 Å². The number of nitrogens with zero attached hydrogens (tertiary/aromatic N) is 4. The molecular weight excluding hydrogens is 430 g/mol. The molecule has 3 aliphatic heterocycles. The molecule has 0 aromatic heterocycles. The first kappa shape index (κ1) is 16.4. The normalized spacial score (nSPS) is 24.7. The van der Waals surface area contributed by atoms with Crippen molar-refractivity contribution < 1.29 is 9.72 Å². The molecule has 0 bridgehead atoms. The third-order valence-electron chi connectivity index (χ3n) is 3.88. The summed E-state index contributed by atoms with van der Waals surface area (Å²) >= 11 is 9.42. The first-order valence-corrected chi connectivity index (χ1v) is 9.06. The summed E-state index contributed by atoms with van der Waals surface area (Å²) < 4.78 is 0.910. The Morgan fingerprint density at radius 3 is 2.72 bits per heavy atom. The van der Waals surface area contributed by atoms with E-state index in [0.29, 0.717) is 5.84 Å². The molecule has 0 fully saturated rings. The average molecular weight is 438 g/mol. The Kier molecular flexibility index (Phi) is 3.93. The highest BCUT2D eigenvalue weighted by molar-refractivity contribution is 9.10. The Morgan fingerprint density at radius 2 is 2.04 bits per heavy atom. The van der Waals surface area contributed by atoms with Crippen LogP contribution in [0, 0.1) is 16.0 Å². The first-order chi connectivity index (χ1) is 11.9. The molecule has 3 aliphatic rings. The predicted octanol–water partition coefficient (Wildman–Crippen LogP) is 2.41. The Balaban J connectivity index is 1.79. The summed E-state index contributed by atoms with van der Waals surface area (Å²) in [6.45, 7) is 0. The minimum atomic E-state index is -0.709. The second-order valence-electron chi connectivity index (χ2n) is 5.36. The third kappa shape index (κ3) is 2.77. The summed E-state index contributed by atoms with van der Waals surface area (Å²) in [5.74, 6) is -0.756. The lowest BCUT2D eigenvalue weighted by Gasteiger charge is -2.36. The van der Waals surface area contributed by atoms with Gasteiger partial charge in [0, 0.05) is 16.2 Å². The second kappa shape index (κ2) is 6.00. The fourth-order valence-corrected chi connectivity index (χ4v) is 4.08. The molecule has 0 radical (unpaired) electrons. The van der Waals surface area contributed by atoms with Gasteiger partial charge in [0.15, 0.2) is 10.3 Å². The van der Waals surface area contributed by atoms with E-state index in [-0.39, 0.29) is 15.3 Å². The Hall–Kier alpha value is -2.11. The van der Waals surface area contributed by atoms with Crippen molar-refractivity contribution in [2.45, 2.75) is 6.04 Å². The molecule has 1 aromatic rings. The topological polar surface area (TPSA) is 100 Å². The van der Waals surface area contributed by atoms with Crippen molar-refractivity contribution in [1.82, 2.24) is 10.2 Å². The second-order valence-corrected chi connectivity index (χ2v) is 7.65. The summed E-state index contributed by atoms with van der Waals surface area (Å²) in [6, 6.07) is 7.03. The Bertz CT molecular complexity index is 912. The maximum absolute atomic E-state index is 12.6. The molecule has 0 spiro atoms. The molecule has 1 amide bonds. The molecule has 8 nitrogen and oxygen atoms in total. The zero-order chi connectivity index (χ0) is 17.7. The monoisotopic (exact) mass is 437 g/mol. The van der Waals surface area contributed by atoms with Crippen molar-refractivity contribution in [2.75, 3.05) is 0 Å². The number of thiocarbonyl (C=S) groups is 1. The molecule has 1 aromatic carbocycles. The fourth-order valence-electron chi connectivity index (χ4n) is 2.80. The van der Waals surface area contributed by atoms with Crippen LogP contribution in [-0.2, 0) is 4.79 Å². The standard InChI is InChI=1S/C14H8BrN5O3S2/c15-7-3-1-6(2-4-7)10-9-11(17-13(24)16-10)19-5-8(20(22)23)25-14(19)18-12(9)21/h1-5,9-10H,(H,16,24). The zero-order valence-electron chi connectivity index (χ0n) is 12.2. The maximum atomic E-state index is 12.6. The number of hydrogen-bond acceptors (Lipinski definition) is 6. The number of rotatable bonds is 2. The Labute approximate surface area is 159 Å². The molecule has 1 N–H and O–H groups in total. The smallest absolute Gasteiger partial charge is 0.327 e. The lowest BCUT2D eigenvalue weighted by Crippen LogP contribution is -2.52. The van der Waals surface area contributed by atoms with E-state index in [0.717, 1.165) is 21.8 Å². The van der Waals surface area contributed by atoms with Crippen LogP contribution in [0.25, 0.3) is 0 Å². The number of nitrogens with one attached hydrogen (secondary N) is 1. The highest BCUT2D eigenvalue weighted by Crippen LogP contribution is 2.38. The molecule has 0 saturated carbocycles. The number of hydrogen-bond donors (Lipinski definition) is 1. The van der Waals surface area contributed by atoms with E-state index in [1.807, 2.05) is 24.3 Å². The highest BCUT2D eigenvalue weighted by Gasteiger charge is 2.47. The minimum Gasteiger partial charge on any atom is -0.353 e. The fraction of sp³-hybridized carbons (Fsp3) is 0.143. The van der Waals surface area contributed by atoms with Gasteiger partial charge < -0.3 is 5.32 Å². The summed E-state index contributed by atoms with van der Waals surface area (Å²) in [5, 5.41) is 14.4. The van der Waals surface area contributed by atoms with Crippen LogP contribution in [0.2, 0.25) is 0 Å². The van der Waals surface area contributed by atoms with E-state index < -0.39 is 22.8 Å². The number of amides is 1. The zero-order valence-corrected chi connectivity index (χ0v) is 15.5. The number of benzene rings is 1. The molecule has 2 atom stereocenters. The number of nitro groups is 1. The van der Waals surface area contributed by atoms with Gasteiger partial charge in [0.2, 0.25) is 0 Å². The number of amidine groups is 2. The average Bonchev–Trinajstić information content (AvgIpc) is 2.99. The maximum Gasteiger partial charge on any atom is 0.327 e. The SMILES string of the molecule is O=C1N=C2SC([N+](=O)[O-])=CN2C2=NC(=S)NC(c3ccc(Br)cc3)C12. The van der Waals surface area contributed by atoms with E-state index in [4.69, 9.17) is 12.2 Å². The van der Waals surface area contributed by atoms with Crippen molar-refractivity contribution in [3.05, 3.63) is 55.6 Å². The Morgan fingerprint density at radius 1 is 1.32 bits per heavy atom. The predicted molar refractivity (Wildman–Crippen MR) is 100 cm³/mol. The summed E-state index contributed by atoms with van der Waals surface area (Å²) in [6.07, 6.45) is 1.33. The van der Waals surface area contributed by atoms with Gasteiger partial charge in [0.05, 0.1) is 17.2 Å². The molecular formula is C14H8BrN5O3S2. The lowest BCUT2D eigenvalue weighted by molar-refractivity contribution is -0.410. The van der Waals surface area contributed by atoms with Crippen molar-refractivity contribution in [3.8, 4) is 0 Å². The van der Waals surface area contributed by atoms with Crippen LogP contribution in [0.3, 0.4) is 0 Å². The van der Waals surface area contributed by atoms with E-state index in [1.165, 1.54) is 11.1 Å². The van der Waals surface area contributed by atoms with Gasteiger partial charge in [-0.3, -0.25) is 19.8 Å². The number of fused-ring (bicyclic) bond motifs is 3. The number of thioether (sulfide) groups is 1. The van der Waals surface area contributed by atoms with Crippen LogP contribution in [0.4, 0.5) is 0 Å². The number of aliphatic imine (C=N–C) groups is 2. The molecule has 3 heterocycles. The van der Waals surface area contributed by atoms with Gasteiger partial charge in [-0.15, -0.1) is 0 Å².